The molecule has 0 spiro atoms. The SMILES string of the molecule is CC(C)(C)OC(=O)N1CCN(C2CCN(c3ccc(N)nc3)CC2)CC1. The maximum Gasteiger partial charge on any atom is 0.410 e. The van der Waals surface area contributed by atoms with Crippen LogP contribution in [-0.2, 0) is 4.74 Å². The predicted octanol–water partition coefficient (Wildman–Crippen LogP) is 2.19. The normalized spacial score (nSPS) is 20.3. The largest absolute Gasteiger partial charge is 0.444 e. The summed E-state index contributed by atoms with van der Waals surface area (Å²) in [6.07, 6.45) is 3.94. The summed E-state index contributed by atoms with van der Waals surface area (Å²) in [6.45, 7) is 11.1. The van der Waals surface area contributed by atoms with Gasteiger partial charge in [-0.15, -0.1) is 0 Å². The van der Waals surface area contributed by atoms with E-state index in [4.69, 9.17) is 10.5 Å². The van der Waals surface area contributed by atoms with Gasteiger partial charge in [-0.05, 0) is 45.7 Å². The molecule has 1 aromatic rings. The number of hydrogen-bond acceptors (Lipinski definition) is 6. The van der Waals surface area contributed by atoms with Crippen LogP contribution in [0.5, 0.6) is 0 Å². The smallest absolute Gasteiger partial charge is 0.410 e. The van der Waals surface area contributed by atoms with Gasteiger partial charge in [-0.2, -0.15) is 0 Å². The second kappa shape index (κ2) is 7.70. The van der Waals surface area contributed by atoms with Gasteiger partial charge in [0.05, 0.1) is 11.9 Å². The molecule has 0 aromatic carbocycles. The lowest BCUT2D eigenvalue weighted by molar-refractivity contribution is 0.00902. The van der Waals surface area contributed by atoms with E-state index in [1.165, 1.54) is 0 Å². The van der Waals surface area contributed by atoms with Gasteiger partial charge in [-0.1, -0.05) is 0 Å². The number of rotatable bonds is 2. The predicted molar refractivity (Wildman–Crippen MR) is 103 cm³/mol. The molecule has 0 saturated carbocycles. The van der Waals surface area contributed by atoms with Gasteiger partial charge >= 0.3 is 6.09 Å². The van der Waals surface area contributed by atoms with Crippen molar-refractivity contribution in [1.29, 1.82) is 0 Å². The number of anilines is 2. The number of carbonyl (C=O) groups is 1. The third kappa shape index (κ3) is 4.78. The van der Waals surface area contributed by atoms with Crippen molar-refractivity contribution >= 4 is 17.6 Å². The van der Waals surface area contributed by atoms with Crippen molar-refractivity contribution in [3.8, 4) is 0 Å². The Kier molecular flexibility index (Phi) is 5.55. The summed E-state index contributed by atoms with van der Waals surface area (Å²) in [5, 5.41) is 0. The number of hydrogen-bond donors (Lipinski definition) is 1. The first-order chi connectivity index (χ1) is 12.3. The Bertz CT molecular complexity index is 597. The fourth-order valence-corrected chi connectivity index (χ4v) is 3.67. The summed E-state index contributed by atoms with van der Waals surface area (Å²) in [5.74, 6) is 0.562. The fourth-order valence-electron chi connectivity index (χ4n) is 3.67. The van der Waals surface area contributed by atoms with Gasteiger partial charge in [-0.3, -0.25) is 4.90 Å². The van der Waals surface area contributed by atoms with Crippen molar-refractivity contribution in [2.24, 2.45) is 0 Å². The first-order valence-corrected chi connectivity index (χ1v) is 9.50. The summed E-state index contributed by atoms with van der Waals surface area (Å²) in [6, 6.07) is 4.49. The summed E-state index contributed by atoms with van der Waals surface area (Å²) in [7, 11) is 0. The highest BCUT2D eigenvalue weighted by Gasteiger charge is 2.30. The van der Waals surface area contributed by atoms with Crippen molar-refractivity contribution in [3.05, 3.63) is 18.3 Å². The van der Waals surface area contributed by atoms with E-state index < -0.39 is 5.60 Å². The zero-order chi connectivity index (χ0) is 18.7. The molecule has 0 bridgehead atoms. The molecule has 7 nitrogen and oxygen atoms in total. The van der Waals surface area contributed by atoms with E-state index in [9.17, 15) is 4.79 Å². The molecule has 2 N–H and O–H groups in total. The minimum atomic E-state index is -0.433. The summed E-state index contributed by atoms with van der Waals surface area (Å²) in [5.41, 5.74) is 6.38. The molecule has 2 aliphatic rings. The van der Waals surface area contributed by atoms with Crippen LogP contribution < -0.4 is 10.6 Å². The van der Waals surface area contributed by atoms with E-state index in [1.807, 2.05) is 44.0 Å². The van der Waals surface area contributed by atoms with Gasteiger partial charge in [0.25, 0.3) is 0 Å². The Balaban J connectivity index is 1.45. The Morgan fingerprint density at radius 3 is 2.31 bits per heavy atom. The first-order valence-electron chi connectivity index (χ1n) is 9.50. The van der Waals surface area contributed by atoms with Gasteiger partial charge in [0.15, 0.2) is 0 Å². The van der Waals surface area contributed by atoms with Crippen molar-refractivity contribution in [2.75, 3.05) is 49.9 Å². The standard InChI is InChI=1S/C19H31N5O2/c1-19(2,3)26-18(25)24-12-10-23(11-13-24)15-6-8-22(9-7-15)16-4-5-17(20)21-14-16/h4-5,14-15H,6-13H2,1-3H3,(H2,20,21). The van der Waals surface area contributed by atoms with Crippen LogP contribution in [0.25, 0.3) is 0 Å². The van der Waals surface area contributed by atoms with Crippen molar-refractivity contribution in [1.82, 2.24) is 14.8 Å². The molecule has 2 fully saturated rings. The average Bonchev–Trinajstić information content (AvgIpc) is 2.61. The Labute approximate surface area is 156 Å². The number of nitrogens with zero attached hydrogens (tertiary/aromatic N) is 4. The number of piperazine rings is 1. The Morgan fingerprint density at radius 1 is 1.12 bits per heavy atom. The third-order valence-corrected chi connectivity index (χ3v) is 5.08. The number of ether oxygens (including phenoxy) is 1. The van der Waals surface area contributed by atoms with Gasteiger partial charge in [0.1, 0.15) is 11.4 Å². The number of carbonyl (C=O) groups excluding carboxylic acids is 1. The second-order valence-electron chi connectivity index (χ2n) is 8.16. The number of amides is 1. The van der Waals surface area contributed by atoms with E-state index in [0.29, 0.717) is 11.9 Å². The molecule has 26 heavy (non-hydrogen) atoms. The second-order valence-corrected chi connectivity index (χ2v) is 8.16. The van der Waals surface area contributed by atoms with Crippen LogP contribution in [0.4, 0.5) is 16.3 Å². The van der Waals surface area contributed by atoms with Crippen LogP contribution in [0.2, 0.25) is 0 Å². The molecule has 144 valence electrons. The lowest BCUT2D eigenvalue weighted by Gasteiger charge is -2.43. The number of aromatic nitrogens is 1. The van der Waals surface area contributed by atoms with Crippen LogP contribution in [0.15, 0.2) is 18.3 Å². The van der Waals surface area contributed by atoms with Crippen molar-refractivity contribution in [3.63, 3.8) is 0 Å². The first kappa shape index (κ1) is 18.8. The van der Waals surface area contributed by atoms with E-state index in [2.05, 4.69) is 14.8 Å². The third-order valence-electron chi connectivity index (χ3n) is 5.08. The van der Waals surface area contributed by atoms with Crippen LogP contribution >= 0.6 is 0 Å². The molecule has 0 unspecified atom stereocenters. The number of piperidine rings is 1. The number of pyridine rings is 1. The van der Waals surface area contributed by atoms with E-state index >= 15 is 0 Å². The Morgan fingerprint density at radius 2 is 1.77 bits per heavy atom. The molecule has 7 heteroatoms. The molecule has 0 aliphatic carbocycles. The number of nitrogens with two attached hydrogens (primary N) is 1. The zero-order valence-corrected chi connectivity index (χ0v) is 16.1. The molecule has 2 aliphatic heterocycles. The summed E-state index contributed by atoms with van der Waals surface area (Å²) in [4.78, 5) is 23.1. The van der Waals surface area contributed by atoms with Crippen LogP contribution in [-0.4, -0.2) is 71.8 Å². The number of nitrogen functional groups attached to an aromatic ring is 1. The van der Waals surface area contributed by atoms with Gasteiger partial charge in [0, 0.05) is 45.3 Å². The average molecular weight is 361 g/mol. The van der Waals surface area contributed by atoms with E-state index in [0.717, 1.165) is 57.8 Å². The van der Waals surface area contributed by atoms with E-state index in [-0.39, 0.29) is 6.09 Å². The molecule has 3 rings (SSSR count). The Hall–Kier alpha value is -2.02. The molecule has 3 heterocycles. The topological polar surface area (TPSA) is 74.9 Å². The molecular weight excluding hydrogens is 330 g/mol. The fraction of sp³-hybridized carbons (Fsp3) is 0.684. The van der Waals surface area contributed by atoms with E-state index in [1.54, 1.807) is 0 Å². The molecular formula is C19H31N5O2. The quantitative estimate of drug-likeness (QED) is 0.870. The molecule has 1 amide bonds. The van der Waals surface area contributed by atoms with Crippen molar-refractivity contribution < 1.29 is 9.53 Å². The minimum absolute atomic E-state index is 0.192. The lowest BCUT2D eigenvalue weighted by atomic mass is 10.0. The van der Waals surface area contributed by atoms with Gasteiger partial charge < -0.3 is 20.3 Å². The van der Waals surface area contributed by atoms with Gasteiger partial charge in [0.2, 0.25) is 0 Å². The molecule has 0 atom stereocenters. The maximum atomic E-state index is 12.2. The van der Waals surface area contributed by atoms with Crippen LogP contribution in [0.1, 0.15) is 33.6 Å². The van der Waals surface area contributed by atoms with Crippen molar-refractivity contribution in [2.45, 2.75) is 45.3 Å². The van der Waals surface area contributed by atoms with Gasteiger partial charge in [-0.25, -0.2) is 9.78 Å². The maximum absolute atomic E-state index is 12.2. The molecule has 1 aromatic heterocycles. The summed E-state index contributed by atoms with van der Waals surface area (Å²) >= 11 is 0. The zero-order valence-electron chi connectivity index (χ0n) is 16.1. The minimum Gasteiger partial charge on any atom is -0.444 e. The highest BCUT2D eigenvalue weighted by Crippen LogP contribution is 2.23. The molecule has 0 radical (unpaired) electrons. The van der Waals surface area contributed by atoms with Crippen LogP contribution in [0.3, 0.4) is 0 Å². The lowest BCUT2D eigenvalue weighted by Crippen LogP contribution is -2.55. The highest BCUT2D eigenvalue weighted by atomic mass is 16.6. The molecule has 2 saturated heterocycles. The highest BCUT2D eigenvalue weighted by molar-refractivity contribution is 5.68. The monoisotopic (exact) mass is 361 g/mol. The van der Waals surface area contributed by atoms with Crippen LogP contribution in [0, 0.1) is 0 Å². The summed E-state index contributed by atoms with van der Waals surface area (Å²) < 4.78 is 5.48.